The number of fused-ring (bicyclic) bond motifs is 2. The van der Waals surface area contributed by atoms with Gasteiger partial charge in [-0.2, -0.15) is 0 Å². The summed E-state index contributed by atoms with van der Waals surface area (Å²) in [5.41, 5.74) is 1.75. The Labute approximate surface area is 218 Å². The Morgan fingerprint density at radius 1 is 0.595 bits per heavy atom. The van der Waals surface area contributed by atoms with Gasteiger partial charge in [-0.3, -0.25) is 29.0 Å². The van der Waals surface area contributed by atoms with Crippen LogP contribution in [0.3, 0.4) is 0 Å². The van der Waals surface area contributed by atoms with Gasteiger partial charge in [-0.05, 0) is 62.3 Å². The van der Waals surface area contributed by atoms with Crippen molar-refractivity contribution in [1.82, 2.24) is 9.80 Å². The maximum Gasteiger partial charge on any atom is 0.325 e. The summed E-state index contributed by atoms with van der Waals surface area (Å²) in [6, 6.07) is 14.8. The summed E-state index contributed by atoms with van der Waals surface area (Å²) in [5.74, 6) is -1.09. The zero-order valence-corrected chi connectivity index (χ0v) is 23.6. The summed E-state index contributed by atoms with van der Waals surface area (Å²) < 4.78 is 18.2. The third-order valence-electron chi connectivity index (χ3n) is 7.08. The molecule has 196 valence electrons. The predicted octanol–water partition coefficient (Wildman–Crippen LogP) is 3.81. The minimum absolute atomic E-state index is 0.272. The Bertz CT molecular complexity index is 1080. The van der Waals surface area contributed by atoms with Gasteiger partial charge >= 0.3 is 17.1 Å². The van der Waals surface area contributed by atoms with E-state index in [1.807, 2.05) is 13.1 Å². The fraction of sp³-hybridized carbons (Fsp3) is 0.385. The number of hydrogen-bond acceptors (Lipinski definition) is 7. The average Bonchev–Trinajstić information content (AvgIpc) is 3.29. The summed E-state index contributed by atoms with van der Waals surface area (Å²) in [5, 5.41) is 0. The van der Waals surface area contributed by atoms with Crippen molar-refractivity contribution in [3.63, 3.8) is 0 Å². The van der Waals surface area contributed by atoms with Crippen molar-refractivity contribution in [2.24, 2.45) is 0 Å². The quantitative estimate of drug-likeness (QED) is 0.298. The first-order chi connectivity index (χ1) is 17.6. The van der Waals surface area contributed by atoms with E-state index in [-0.39, 0.29) is 36.7 Å². The second kappa shape index (κ2) is 10.8. The van der Waals surface area contributed by atoms with Crippen LogP contribution in [-0.2, 0) is 13.0 Å². The van der Waals surface area contributed by atoms with E-state index in [0.717, 1.165) is 0 Å². The molecule has 4 amide bonds. The van der Waals surface area contributed by atoms with Crippen molar-refractivity contribution in [3.8, 4) is 0 Å². The smallest absolute Gasteiger partial charge is 0.325 e. The van der Waals surface area contributed by atoms with Crippen LogP contribution < -0.4 is 0 Å². The number of amides is 4. The van der Waals surface area contributed by atoms with Gasteiger partial charge in [-0.25, -0.2) is 0 Å². The molecule has 0 spiro atoms. The van der Waals surface area contributed by atoms with Gasteiger partial charge in [-0.1, -0.05) is 24.3 Å². The average molecular weight is 541 g/mol. The van der Waals surface area contributed by atoms with Crippen LogP contribution in [0.2, 0.25) is 25.2 Å². The van der Waals surface area contributed by atoms with Gasteiger partial charge in [0.15, 0.2) is 0 Å². The minimum atomic E-state index is -2.70. The summed E-state index contributed by atoms with van der Waals surface area (Å²) in [6.45, 7) is 4.47. The van der Waals surface area contributed by atoms with Crippen molar-refractivity contribution in [2.45, 2.75) is 38.0 Å². The molecule has 0 saturated carbocycles. The lowest BCUT2D eigenvalue weighted by molar-refractivity contribution is 0.0638. The highest BCUT2D eigenvalue weighted by Crippen LogP contribution is 2.28. The van der Waals surface area contributed by atoms with Gasteiger partial charge in [0.05, 0.1) is 22.3 Å². The number of carbonyl (C=O) groups is 4. The van der Waals surface area contributed by atoms with E-state index in [9.17, 15) is 19.2 Å². The zero-order valence-electron chi connectivity index (χ0n) is 21.6. The molecule has 0 saturated heterocycles. The van der Waals surface area contributed by atoms with Gasteiger partial charge in [0.1, 0.15) is 0 Å². The molecule has 0 bridgehead atoms. The molecule has 2 unspecified atom stereocenters. The van der Waals surface area contributed by atoms with Crippen LogP contribution in [0.5, 0.6) is 0 Å². The second-order valence-corrected chi connectivity index (χ2v) is 16.8. The predicted molar refractivity (Wildman–Crippen MR) is 141 cm³/mol. The number of carbonyl (C=O) groups excluding carboxylic acids is 4. The van der Waals surface area contributed by atoms with Crippen LogP contribution in [0.25, 0.3) is 0 Å². The fourth-order valence-corrected chi connectivity index (χ4v) is 12.0. The van der Waals surface area contributed by atoms with E-state index in [1.165, 1.54) is 9.80 Å². The molecule has 2 aliphatic rings. The Kier molecular flexibility index (Phi) is 7.90. The van der Waals surface area contributed by atoms with Gasteiger partial charge in [0.25, 0.3) is 23.6 Å². The molecule has 2 aromatic carbocycles. The lowest BCUT2D eigenvalue weighted by atomic mass is 10.1. The zero-order chi connectivity index (χ0) is 26.8. The Morgan fingerprint density at radius 2 is 0.892 bits per heavy atom. The van der Waals surface area contributed by atoms with Crippen molar-refractivity contribution >= 4 is 40.8 Å². The van der Waals surface area contributed by atoms with Crippen LogP contribution in [0.4, 0.5) is 0 Å². The van der Waals surface area contributed by atoms with Crippen LogP contribution in [-0.4, -0.2) is 77.9 Å². The molecule has 2 aliphatic heterocycles. The number of nitrogens with zero attached hydrogens (tertiary/aromatic N) is 2. The molecule has 2 heterocycles. The Morgan fingerprint density at radius 3 is 1.16 bits per heavy atom. The highest BCUT2D eigenvalue weighted by atomic mass is 28.5. The number of hydrogen-bond donors (Lipinski definition) is 0. The highest BCUT2D eigenvalue weighted by Gasteiger charge is 2.43. The number of imide groups is 2. The fourth-order valence-electron chi connectivity index (χ4n) is 4.85. The Hall–Kier alpha value is -2.97. The van der Waals surface area contributed by atoms with Gasteiger partial charge in [-0.15, -0.1) is 0 Å². The summed E-state index contributed by atoms with van der Waals surface area (Å²) in [6.07, 6.45) is 1.09. The van der Waals surface area contributed by atoms with Crippen molar-refractivity contribution in [3.05, 3.63) is 70.8 Å². The largest absolute Gasteiger partial charge is 0.415 e. The summed E-state index contributed by atoms with van der Waals surface area (Å²) in [7, 11) is -2.17. The molecule has 0 N–H and O–H groups in total. The van der Waals surface area contributed by atoms with Crippen molar-refractivity contribution in [2.75, 3.05) is 27.3 Å². The van der Waals surface area contributed by atoms with E-state index in [1.54, 1.807) is 62.8 Å². The van der Waals surface area contributed by atoms with E-state index in [2.05, 4.69) is 0 Å². The molecule has 11 heteroatoms. The van der Waals surface area contributed by atoms with Gasteiger partial charge in [0.2, 0.25) is 0 Å². The van der Waals surface area contributed by atoms with Crippen molar-refractivity contribution < 1.29 is 32.1 Å². The molecule has 4 rings (SSSR count). The molecule has 0 aromatic heterocycles. The maximum absolute atomic E-state index is 12.6. The lowest BCUT2D eigenvalue weighted by Gasteiger charge is -2.36. The standard InChI is InChI=1S/C26H32N2O7Si2/c1-33-36(3,17-9-15-27-23(29)19-11-5-6-12-20(19)24(27)30)35-37(4,34-2)18-10-16-28-25(31)21-13-7-8-14-22(21)26(28)32/h5-8,11-14H,9-10,15-18H2,1-4H3. The number of benzene rings is 2. The van der Waals surface area contributed by atoms with E-state index in [0.29, 0.717) is 47.2 Å². The highest BCUT2D eigenvalue weighted by molar-refractivity contribution is 6.80. The Balaban J connectivity index is 1.31. The molecule has 0 fully saturated rings. The van der Waals surface area contributed by atoms with E-state index >= 15 is 0 Å². The number of rotatable bonds is 12. The molecule has 37 heavy (non-hydrogen) atoms. The first-order valence-electron chi connectivity index (χ1n) is 12.3. The van der Waals surface area contributed by atoms with Crippen LogP contribution in [0.1, 0.15) is 54.3 Å². The normalized spacial score (nSPS) is 18.2. The summed E-state index contributed by atoms with van der Waals surface area (Å²) in [4.78, 5) is 53.1. The molecule has 9 nitrogen and oxygen atoms in total. The third kappa shape index (κ3) is 5.36. The molecule has 2 atom stereocenters. The second-order valence-electron chi connectivity index (χ2n) is 9.60. The first-order valence-corrected chi connectivity index (χ1v) is 17.4. The molecular formula is C26H32N2O7Si2. The van der Waals surface area contributed by atoms with Crippen LogP contribution in [0.15, 0.2) is 48.5 Å². The monoisotopic (exact) mass is 540 g/mol. The van der Waals surface area contributed by atoms with Crippen LogP contribution in [0, 0.1) is 0 Å². The van der Waals surface area contributed by atoms with Crippen molar-refractivity contribution in [1.29, 1.82) is 0 Å². The first kappa shape index (κ1) is 27.1. The topological polar surface area (TPSA) is 102 Å². The third-order valence-corrected chi connectivity index (χ3v) is 14.8. The van der Waals surface area contributed by atoms with E-state index < -0.39 is 17.1 Å². The molecule has 0 aliphatic carbocycles. The minimum Gasteiger partial charge on any atom is -0.415 e. The molecule has 0 radical (unpaired) electrons. The SMILES string of the molecule is CO[Si](C)(CCCN1C(=O)c2ccccc2C1=O)O[Si](C)(CCCN1C(=O)c2ccccc2C1=O)OC. The lowest BCUT2D eigenvalue weighted by Crippen LogP contribution is -2.51. The molecular weight excluding hydrogens is 508 g/mol. The maximum atomic E-state index is 12.6. The van der Waals surface area contributed by atoms with Crippen LogP contribution >= 0.6 is 0 Å². The summed E-state index contributed by atoms with van der Waals surface area (Å²) >= 11 is 0. The molecule has 2 aromatic rings. The van der Waals surface area contributed by atoms with Gasteiger partial charge < -0.3 is 13.0 Å². The van der Waals surface area contributed by atoms with Gasteiger partial charge in [0, 0.05) is 27.3 Å². The van der Waals surface area contributed by atoms with E-state index in [4.69, 9.17) is 13.0 Å².